The Labute approximate surface area is 85.0 Å². The van der Waals surface area contributed by atoms with Gasteiger partial charge in [0, 0.05) is 23.5 Å². The number of hydrogen-bond acceptors (Lipinski definition) is 4. The molecule has 0 aliphatic carbocycles. The van der Waals surface area contributed by atoms with Gasteiger partial charge in [0.15, 0.2) is 0 Å². The van der Waals surface area contributed by atoms with E-state index in [1.54, 1.807) is 0 Å². The lowest BCUT2D eigenvalue weighted by atomic mass is 10.1. The Bertz CT molecular complexity index is 294. The molecular formula is C10H18N4. The Hall–Kier alpha value is -1.16. The summed E-state index contributed by atoms with van der Waals surface area (Å²) in [6.07, 6.45) is 0. The van der Waals surface area contributed by atoms with Crippen LogP contribution in [0.4, 0.5) is 5.95 Å². The molecule has 0 aliphatic rings. The van der Waals surface area contributed by atoms with Gasteiger partial charge in [-0.1, -0.05) is 0 Å². The van der Waals surface area contributed by atoms with E-state index in [9.17, 15) is 0 Å². The van der Waals surface area contributed by atoms with Crippen LogP contribution < -0.4 is 11.1 Å². The van der Waals surface area contributed by atoms with Gasteiger partial charge >= 0.3 is 0 Å². The van der Waals surface area contributed by atoms with E-state index in [1.807, 2.05) is 33.8 Å². The summed E-state index contributed by atoms with van der Waals surface area (Å²) in [5.41, 5.74) is 7.53. The molecule has 4 heteroatoms. The normalized spacial score (nSPS) is 11.5. The molecule has 4 nitrogen and oxygen atoms in total. The topological polar surface area (TPSA) is 63.8 Å². The highest BCUT2D eigenvalue weighted by molar-refractivity contribution is 5.28. The van der Waals surface area contributed by atoms with Gasteiger partial charge in [0.1, 0.15) is 0 Å². The van der Waals surface area contributed by atoms with E-state index in [1.165, 1.54) is 0 Å². The average molecular weight is 194 g/mol. The van der Waals surface area contributed by atoms with Crippen LogP contribution in [0.15, 0.2) is 6.07 Å². The number of aromatic nitrogens is 2. The van der Waals surface area contributed by atoms with Crippen molar-refractivity contribution >= 4 is 5.95 Å². The van der Waals surface area contributed by atoms with E-state index in [0.29, 0.717) is 12.5 Å². The summed E-state index contributed by atoms with van der Waals surface area (Å²) in [5.74, 6) is 0.654. The average Bonchev–Trinajstić information content (AvgIpc) is 1.97. The molecule has 0 saturated carbocycles. The van der Waals surface area contributed by atoms with Crippen molar-refractivity contribution in [2.24, 2.45) is 5.73 Å². The van der Waals surface area contributed by atoms with Gasteiger partial charge in [0.05, 0.1) is 0 Å². The molecule has 0 aromatic carbocycles. The molecule has 0 radical (unpaired) electrons. The molecular weight excluding hydrogens is 176 g/mol. The van der Waals surface area contributed by atoms with Crippen LogP contribution >= 0.6 is 0 Å². The standard InChI is InChI=1S/C10H18N4/c1-7-5-8(2)14-9(13-7)12-6-10(3,4)11/h5H,6,11H2,1-4H3,(H,12,13,14). The minimum absolute atomic E-state index is 0.249. The molecule has 1 aromatic heterocycles. The van der Waals surface area contributed by atoms with E-state index in [0.717, 1.165) is 11.4 Å². The Kier molecular flexibility index (Phi) is 3.06. The summed E-state index contributed by atoms with van der Waals surface area (Å²) in [6, 6.07) is 1.94. The first-order chi connectivity index (χ1) is 6.37. The smallest absolute Gasteiger partial charge is 0.223 e. The number of anilines is 1. The largest absolute Gasteiger partial charge is 0.352 e. The maximum atomic E-state index is 5.84. The van der Waals surface area contributed by atoms with Crippen molar-refractivity contribution in [1.29, 1.82) is 0 Å². The lowest BCUT2D eigenvalue weighted by Gasteiger charge is -2.19. The number of nitrogens with zero attached hydrogens (tertiary/aromatic N) is 2. The summed E-state index contributed by atoms with van der Waals surface area (Å²) >= 11 is 0. The molecule has 0 fully saturated rings. The minimum atomic E-state index is -0.249. The third-order valence-corrected chi connectivity index (χ3v) is 1.68. The molecule has 1 heterocycles. The number of aryl methyl sites for hydroxylation is 2. The molecule has 78 valence electrons. The predicted octanol–water partition coefficient (Wildman–Crippen LogP) is 1.24. The maximum Gasteiger partial charge on any atom is 0.223 e. The number of nitrogens with one attached hydrogen (secondary N) is 1. The lowest BCUT2D eigenvalue weighted by Crippen LogP contribution is -2.40. The fraction of sp³-hybridized carbons (Fsp3) is 0.600. The Morgan fingerprint density at radius 3 is 2.21 bits per heavy atom. The first kappa shape index (κ1) is 10.9. The number of rotatable bonds is 3. The third-order valence-electron chi connectivity index (χ3n) is 1.68. The summed E-state index contributed by atoms with van der Waals surface area (Å²) in [6.45, 7) is 8.49. The molecule has 0 atom stereocenters. The highest BCUT2D eigenvalue weighted by atomic mass is 15.1. The van der Waals surface area contributed by atoms with Crippen molar-refractivity contribution in [3.05, 3.63) is 17.5 Å². The zero-order valence-corrected chi connectivity index (χ0v) is 9.26. The van der Waals surface area contributed by atoms with Gasteiger partial charge in [-0.05, 0) is 33.8 Å². The third kappa shape index (κ3) is 3.70. The van der Waals surface area contributed by atoms with Crippen molar-refractivity contribution in [1.82, 2.24) is 9.97 Å². The maximum absolute atomic E-state index is 5.84. The lowest BCUT2D eigenvalue weighted by molar-refractivity contribution is 0.547. The van der Waals surface area contributed by atoms with Crippen molar-refractivity contribution in [3.8, 4) is 0 Å². The second-order valence-corrected chi connectivity index (χ2v) is 4.32. The molecule has 14 heavy (non-hydrogen) atoms. The molecule has 3 N–H and O–H groups in total. The zero-order chi connectivity index (χ0) is 10.8. The minimum Gasteiger partial charge on any atom is -0.352 e. The van der Waals surface area contributed by atoms with Crippen LogP contribution in [0.25, 0.3) is 0 Å². The van der Waals surface area contributed by atoms with Crippen LogP contribution in [0.5, 0.6) is 0 Å². The second-order valence-electron chi connectivity index (χ2n) is 4.32. The van der Waals surface area contributed by atoms with Gasteiger partial charge < -0.3 is 11.1 Å². The summed E-state index contributed by atoms with van der Waals surface area (Å²) in [4.78, 5) is 8.52. The fourth-order valence-electron chi connectivity index (χ4n) is 1.11. The summed E-state index contributed by atoms with van der Waals surface area (Å²) in [5, 5.41) is 3.12. The van der Waals surface area contributed by atoms with Crippen LogP contribution in [0.1, 0.15) is 25.2 Å². The Balaban J connectivity index is 2.68. The van der Waals surface area contributed by atoms with E-state index >= 15 is 0 Å². The first-order valence-corrected chi connectivity index (χ1v) is 4.72. The zero-order valence-electron chi connectivity index (χ0n) is 9.26. The molecule has 0 bridgehead atoms. The van der Waals surface area contributed by atoms with Gasteiger partial charge in [-0.2, -0.15) is 0 Å². The molecule has 0 unspecified atom stereocenters. The van der Waals surface area contributed by atoms with E-state index in [-0.39, 0.29) is 5.54 Å². The van der Waals surface area contributed by atoms with Gasteiger partial charge in [-0.3, -0.25) is 0 Å². The molecule has 0 amide bonds. The molecule has 1 rings (SSSR count). The SMILES string of the molecule is Cc1cc(C)nc(NCC(C)(C)N)n1. The number of hydrogen-bond donors (Lipinski definition) is 2. The van der Waals surface area contributed by atoms with Gasteiger partial charge in [-0.15, -0.1) is 0 Å². The van der Waals surface area contributed by atoms with Crippen molar-refractivity contribution in [3.63, 3.8) is 0 Å². The molecule has 1 aromatic rings. The van der Waals surface area contributed by atoms with Crippen LogP contribution in [-0.4, -0.2) is 22.1 Å². The van der Waals surface area contributed by atoms with Crippen molar-refractivity contribution < 1.29 is 0 Å². The monoisotopic (exact) mass is 194 g/mol. The number of nitrogens with two attached hydrogens (primary N) is 1. The van der Waals surface area contributed by atoms with Gasteiger partial charge in [0.2, 0.25) is 5.95 Å². The van der Waals surface area contributed by atoms with Crippen LogP contribution in [-0.2, 0) is 0 Å². The molecule has 0 saturated heterocycles. The van der Waals surface area contributed by atoms with E-state index in [4.69, 9.17) is 5.73 Å². The van der Waals surface area contributed by atoms with Crippen LogP contribution in [0.3, 0.4) is 0 Å². The van der Waals surface area contributed by atoms with Crippen molar-refractivity contribution in [2.45, 2.75) is 33.2 Å². The van der Waals surface area contributed by atoms with E-state index in [2.05, 4.69) is 15.3 Å². The van der Waals surface area contributed by atoms with Gasteiger partial charge in [-0.25, -0.2) is 9.97 Å². The Morgan fingerprint density at radius 2 is 1.79 bits per heavy atom. The van der Waals surface area contributed by atoms with E-state index < -0.39 is 0 Å². The van der Waals surface area contributed by atoms with Crippen molar-refractivity contribution in [2.75, 3.05) is 11.9 Å². The first-order valence-electron chi connectivity index (χ1n) is 4.72. The Morgan fingerprint density at radius 1 is 1.29 bits per heavy atom. The quantitative estimate of drug-likeness (QED) is 0.760. The summed E-state index contributed by atoms with van der Waals surface area (Å²) < 4.78 is 0. The highest BCUT2D eigenvalue weighted by Gasteiger charge is 2.10. The molecule has 0 aliphatic heterocycles. The van der Waals surface area contributed by atoms with Gasteiger partial charge in [0.25, 0.3) is 0 Å². The summed E-state index contributed by atoms with van der Waals surface area (Å²) in [7, 11) is 0. The fourth-order valence-corrected chi connectivity index (χ4v) is 1.11. The molecule has 0 spiro atoms. The predicted molar refractivity (Wildman–Crippen MR) is 58.3 cm³/mol. The van der Waals surface area contributed by atoms with Crippen LogP contribution in [0, 0.1) is 13.8 Å². The van der Waals surface area contributed by atoms with Crippen LogP contribution in [0.2, 0.25) is 0 Å². The second kappa shape index (κ2) is 3.92. The highest BCUT2D eigenvalue weighted by Crippen LogP contribution is 2.05.